The summed E-state index contributed by atoms with van der Waals surface area (Å²) in [5, 5.41) is 76.2. The molecule has 0 spiro atoms. The van der Waals surface area contributed by atoms with Crippen LogP contribution in [0.15, 0.2) is 47.5 Å². The van der Waals surface area contributed by atoms with E-state index in [4.69, 9.17) is 20.9 Å². The van der Waals surface area contributed by atoms with E-state index < -0.39 is 130 Å². The van der Waals surface area contributed by atoms with E-state index in [1.165, 1.54) is 12.1 Å². The van der Waals surface area contributed by atoms with E-state index in [9.17, 15) is 69.3 Å². The number of primary amides is 2. The van der Waals surface area contributed by atoms with Gasteiger partial charge in [0, 0.05) is 35.1 Å². The number of carbonyl (C=O) groups excluding carboxylic acids is 7. The standard InChI is InChI=1S/C25H30N2O9.C21H24N2O7/c1-4-35-15(29)10-36-21-18(24(26)33)23(32)25(34)13(19(21)27(2)3)9-12-8-11-6-5-7-14(28)16(11)20(30)17(12)22(25)31;1-23(2)15-10-7-9-6-8-4-3-5-11(24)12(8)16(25)13(9)18(27)21(10,30)19(28)14(17(15)26)20(22)29/h5-7,12-13,18-19,21,28,30,34H,4,8-10H2,1-3H3,(H2,26,33);3-5,9-10,14-15,17,24-26,30H,6-7H2,1-2H3,(H2,22,29)/t12-,13-,18?,19-,21?,25-;9-,10-,14?,15-,17?,21-/m00/s1. The van der Waals surface area contributed by atoms with Crippen LogP contribution in [-0.4, -0.2) is 163 Å². The van der Waals surface area contributed by atoms with Gasteiger partial charge in [-0.1, -0.05) is 24.3 Å². The van der Waals surface area contributed by atoms with Crippen LogP contribution in [0.25, 0.3) is 11.5 Å². The maximum absolute atomic E-state index is 13.8. The topological polar surface area (TPSA) is 338 Å². The molecule has 12 atom stereocenters. The number of hydrogen-bond donors (Lipinski definition) is 9. The number of esters is 1. The smallest absolute Gasteiger partial charge is 0.332 e. The number of benzene rings is 2. The number of aliphatic hydroxyl groups excluding tert-OH is 3. The minimum absolute atomic E-state index is 0.0775. The van der Waals surface area contributed by atoms with Crippen LogP contribution in [0.4, 0.5) is 0 Å². The number of aliphatic hydroxyl groups is 5. The third kappa shape index (κ3) is 7.17. The quantitative estimate of drug-likeness (QED) is 0.111. The zero-order valence-corrected chi connectivity index (χ0v) is 36.8. The zero-order valence-electron chi connectivity index (χ0n) is 36.8. The van der Waals surface area contributed by atoms with Crippen LogP contribution in [-0.2, 0) is 55.9 Å². The summed E-state index contributed by atoms with van der Waals surface area (Å²) in [4.78, 5) is 93.6. The molecule has 354 valence electrons. The lowest BCUT2D eigenvalue weighted by Crippen LogP contribution is -2.74. The first kappa shape index (κ1) is 47.9. The van der Waals surface area contributed by atoms with Crippen LogP contribution in [0.5, 0.6) is 11.5 Å². The molecular weight excluding hydrogens is 865 g/mol. The van der Waals surface area contributed by atoms with Gasteiger partial charge in [0.25, 0.3) is 0 Å². The summed E-state index contributed by atoms with van der Waals surface area (Å²) in [5.74, 6) is -15.3. The van der Waals surface area contributed by atoms with Gasteiger partial charge in [0.05, 0.1) is 29.9 Å². The number of phenols is 2. The van der Waals surface area contributed by atoms with Crippen LogP contribution >= 0.6 is 0 Å². The Morgan fingerprint density at radius 1 is 0.697 bits per heavy atom. The number of ketones is 4. The van der Waals surface area contributed by atoms with Crippen molar-refractivity contribution in [3.8, 4) is 11.5 Å². The summed E-state index contributed by atoms with van der Waals surface area (Å²) in [7, 11) is 6.51. The van der Waals surface area contributed by atoms with Gasteiger partial charge in [-0.25, -0.2) is 4.79 Å². The SMILES string of the molecule is CCOC(=O)COC1C(C(N)=O)C(=O)[C@@]2(O)C(=O)C3=C(O)c4c(O)cccc4C[C@H]3C[C@H]2[C@@H]1N(C)C.CN(C)[C@@H]1C(O)C(C(N)=O)C(=O)[C@@]2(O)C(=O)C3=C(O)c4c(O)cccc4C[C@H]3C[C@@H]12. The predicted molar refractivity (Wildman–Crippen MR) is 229 cm³/mol. The van der Waals surface area contributed by atoms with Crippen molar-refractivity contribution in [3.63, 3.8) is 0 Å². The molecule has 0 heterocycles. The Kier molecular flexibility index (Phi) is 12.6. The Balaban J connectivity index is 0.000000199. The van der Waals surface area contributed by atoms with Crippen LogP contribution < -0.4 is 11.5 Å². The fourth-order valence-electron chi connectivity index (χ4n) is 11.6. The lowest BCUT2D eigenvalue weighted by Gasteiger charge is -2.54. The second-order valence-corrected chi connectivity index (χ2v) is 18.3. The number of amides is 2. The molecule has 2 aromatic rings. The molecule has 6 aliphatic carbocycles. The Hall–Kier alpha value is -6.03. The van der Waals surface area contributed by atoms with Crippen LogP contribution in [0.3, 0.4) is 0 Å². The summed E-state index contributed by atoms with van der Waals surface area (Å²) < 4.78 is 10.6. The van der Waals surface area contributed by atoms with Crippen LogP contribution in [0, 0.1) is 35.5 Å². The van der Waals surface area contributed by atoms with Gasteiger partial charge in [0.15, 0.2) is 22.8 Å². The average Bonchev–Trinajstić information content (AvgIpc) is 3.22. The Morgan fingerprint density at radius 2 is 1.12 bits per heavy atom. The molecule has 11 N–H and O–H groups in total. The lowest BCUT2D eigenvalue weighted by molar-refractivity contribution is -0.192. The van der Waals surface area contributed by atoms with Gasteiger partial charge in [-0.05, 0) is 95.9 Å². The second-order valence-electron chi connectivity index (χ2n) is 18.3. The lowest BCUT2D eigenvalue weighted by atomic mass is 9.54. The number of Topliss-reactive ketones (excluding diaryl/α,β-unsaturated/α-hetero) is 4. The van der Waals surface area contributed by atoms with E-state index in [0.717, 1.165) is 0 Å². The first-order valence-electron chi connectivity index (χ1n) is 21.4. The van der Waals surface area contributed by atoms with Crippen LogP contribution in [0.1, 0.15) is 42.0 Å². The minimum Gasteiger partial charge on any atom is -0.507 e. The number of aromatic hydroxyl groups is 2. The molecule has 8 rings (SSSR count). The number of ether oxygens (including phenoxy) is 2. The van der Waals surface area contributed by atoms with Crippen molar-refractivity contribution in [2.75, 3.05) is 41.4 Å². The Labute approximate surface area is 378 Å². The number of rotatable bonds is 8. The maximum Gasteiger partial charge on any atom is 0.332 e. The molecule has 4 fully saturated rings. The van der Waals surface area contributed by atoms with Gasteiger partial charge in [0.2, 0.25) is 23.4 Å². The summed E-state index contributed by atoms with van der Waals surface area (Å²) in [6.45, 7) is 1.17. The van der Waals surface area contributed by atoms with Gasteiger partial charge in [-0.3, -0.25) is 28.8 Å². The molecule has 0 bridgehead atoms. The van der Waals surface area contributed by atoms with Gasteiger partial charge in [-0.2, -0.15) is 0 Å². The maximum atomic E-state index is 13.8. The van der Waals surface area contributed by atoms with Gasteiger partial charge in [-0.15, -0.1) is 0 Å². The third-order valence-corrected chi connectivity index (χ3v) is 14.3. The molecule has 0 aliphatic heterocycles. The van der Waals surface area contributed by atoms with Crippen molar-refractivity contribution in [1.29, 1.82) is 0 Å². The number of phenolic OH excluding ortho intramolecular Hbond substituents is 2. The highest BCUT2D eigenvalue weighted by atomic mass is 16.6. The monoisotopic (exact) mass is 918 g/mol. The molecule has 0 aromatic heterocycles. The number of nitrogens with zero attached hydrogens (tertiary/aromatic N) is 2. The van der Waals surface area contributed by atoms with E-state index in [-0.39, 0.29) is 59.6 Å². The van der Waals surface area contributed by atoms with Crippen molar-refractivity contribution >= 4 is 52.4 Å². The molecular formula is C46H54N4O16. The molecule has 20 heteroatoms. The van der Waals surface area contributed by atoms with Crippen molar-refractivity contribution in [2.24, 2.45) is 47.0 Å². The van der Waals surface area contributed by atoms with E-state index >= 15 is 0 Å². The first-order chi connectivity index (χ1) is 31.0. The molecule has 20 nitrogen and oxygen atoms in total. The van der Waals surface area contributed by atoms with Crippen LogP contribution in [0.2, 0.25) is 0 Å². The van der Waals surface area contributed by atoms with E-state index in [1.54, 1.807) is 69.2 Å². The zero-order chi connectivity index (χ0) is 48.6. The predicted octanol–water partition coefficient (Wildman–Crippen LogP) is -1.15. The van der Waals surface area contributed by atoms with E-state index in [2.05, 4.69) is 0 Å². The van der Waals surface area contributed by atoms with Crippen molar-refractivity contribution < 1.29 is 78.8 Å². The highest BCUT2D eigenvalue weighted by molar-refractivity contribution is 6.26. The number of nitrogens with two attached hydrogens (primary N) is 2. The van der Waals surface area contributed by atoms with Gasteiger partial charge >= 0.3 is 5.97 Å². The van der Waals surface area contributed by atoms with Crippen molar-refractivity contribution in [3.05, 3.63) is 69.8 Å². The first-order valence-corrected chi connectivity index (χ1v) is 21.4. The van der Waals surface area contributed by atoms with Crippen molar-refractivity contribution in [1.82, 2.24) is 9.80 Å². The minimum atomic E-state index is -2.67. The molecule has 0 radical (unpaired) electrons. The fraction of sp³-hybridized carbons (Fsp3) is 0.500. The normalized spacial score (nSPS) is 33.4. The highest BCUT2D eigenvalue weighted by Crippen LogP contribution is 2.54. The molecule has 4 saturated carbocycles. The van der Waals surface area contributed by atoms with Crippen molar-refractivity contribution in [2.45, 2.75) is 68.1 Å². The summed E-state index contributed by atoms with van der Waals surface area (Å²) >= 11 is 0. The van der Waals surface area contributed by atoms with Gasteiger partial charge in [0.1, 0.15) is 41.5 Å². The fourth-order valence-corrected chi connectivity index (χ4v) is 11.6. The molecule has 2 amide bonds. The number of carbonyl (C=O) groups is 7. The molecule has 6 aliphatic rings. The molecule has 4 unspecified atom stereocenters. The summed E-state index contributed by atoms with van der Waals surface area (Å²) in [6.07, 6.45) is -1.91. The average molecular weight is 919 g/mol. The van der Waals surface area contributed by atoms with E-state index in [0.29, 0.717) is 17.5 Å². The highest BCUT2D eigenvalue weighted by Gasteiger charge is 2.69. The largest absolute Gasteiger partial charge is 0.507 e. The van der Waals surface area contributed by atoms with E-state index in [1.807, 2.05) is 0 Å². The number of hydrogen-bond acceptors (Lipinski definition) is 18. The third-order valence-electron chi connectivity index (χ3n) is 14.3. The number of fused-ring (bicyclic) bond motifs is 6. The summed E-state index contributed by atoms with van der Waals surface area (Å²) in [5.41, 5.74) is 6.71. The Morgan fingerprint density at radius 3 is 1.53 bits per heavy atom. The molecule has 0 saturated heterocycles. The Bertz CT molecular complexity index is 2500. The summed E-state index contributed by atoms with van der Waals surface area (Å²) in [6, 6.07) is 7.68. The van der Waals surface area contributed by atoms with Gasteiger partial charge < -0.3 is 66.5 Å². The second kappa shape index (κ2) is 17.3. The molecule has 2 aromatic carbocycles. The number of likely N-dealkylation sites (N-methyl/N-ethyl adjacent to an activating group) is 2. The molecule has 66 heavy (non-hydrogen) atoms.